The Hall–Kier alpha value is -5.10. The summed E-state index contributed by atoms with van der Waals surface area (Å²) in [5, 5.41) is 7.62. The van der Waals surface area contributed by atoms with E-state index in [0.717, 1.165) is 16.8 Å². The van der Waals surface area contributed by atoms with Crippen molar-refractivity contribution in [1.29, 1.82) is 0 Å². The Morgan fingerprint density at radius 3 is 2.22 bits per heavy atom. The van der Waals surface area contributed by atoms with Crippen LogP contribution in [0.3, 0.4) is 0 Å². The Balaban J connectivity index is 1.36. The highest BCUT2D eigenvalue weighted by Gasteiger charge is 2.19. The zero-order valence-corrected chi connectivity index (χ0v) is 19.3. The number of pyridine rings is 1. The largest absolute Gasteiger partial charge is 0.322 e. The predicted molar refractivity (Wildman–Crippen MR) is 141 cm³/mol. The van der Waals surface area contributed by atoms with Crippen molar-refractivity contribution >= 4 is 23.5 Å². The van der Waals surface area contributed by atoms with Gasteiger partial charge in [-0.1, -0.05) is 54.6 Å². The van der Waals surface area contributed by atoms with E-state index in [0.29, 0.717) is 22.5 Å². The third-order valence-corrected chi connectivity index (χ3v) is 5.57. The highest BCUT2D eigenvalue weighted by molar-refractivity contribution is 6.09. The lowest BCUT2D eigenvalue weighted by Gasteiger charge is -2.06. The van der Waals surface area contributed by atoms with Crippen LogP contribution in [0.4, 0.5) is 5.69 Å². The average molecular weight is 471 g/mol. The smallest absolute Gasteiger partial charge is 0.259 e. The molecule has 36 heavy (non-hydrogen) atoms. The first-order chi connectivity index (χ1) is 17.7. The number of rotatable bonds is 7. The minimum absolute atomic E-state index is 0.132. The second-order valence-electron chi connectivity index (χ2n) is 8.05. The molecule has 5 aromatic rings. The summed E-state index contributed by atoms with van der Waals surface area (Å²) < 4.78 is 1.70. The quantitative estimate of drug-likeness (QED) is 0.231. The maximum absolute atomic E-state index is 13.3. The SMILES string of the molecule is O=C(/C=C/c1cccnc1)c1ccc(NC(=O)c2cn(-c3ccccc3)nc2-c2ccccc2)cc1. The molecule has 2 heterocycles. The topological polar surface area (TPSA) is 76.9 Å². The Labute approximate surface area is 208 Å². The van der Waals surface area contributed by atoms with E-state index in [-0.39, 0.29) is 11.7 Å². The van der Waals surface area contributed by atoms with Gasteiger partial charge in [-0.15, -0.1) is 0 Å². The van der Waals surface area contributed by atoms with Gasteiger partial charge in [-0.3, -0.25) is 14.6 Å². The molecule has 0 aliphatic carbocycles. The van der Waals surface area contributed by atoms with Gasteiger partial charge in [-0.2, -0.15) is 5.10 Å². The van der Waals surface area contributed by atoms with Crippen molar-refractivity contribution in [2.45, 2.75) is 0 Å². The van der Waals surface area contributed by atoms with E-state index >= 15 is 0 Å². The summed E-state index contributed by atoms with van der Waals surface area (Å²) in [5.74, 6) is -0.418. The predicted octanol–water partition coefficient (Wildman–Crippen LogP) is 6.08. The zero-order valence-electron chi connectivity index (χ0n) is 19.3. The third kappa shape index (κ3) is 5.18. The Bertz CT molecular complexity index is 1510. The van der Waals surface area contributed by atoms with Gasteiger partial charge in [0.1, 0.15) is 5.69 Å². The van der Waals surface area contributed by atoms with Crippen LogP contribution in [0.2, 0.25) is 0 Å². The van der Waals surface area contributed by atoms with E-state index < -0.39 is 0 Å². The number of carbonyl (C=O) groups is 2. The Kier molecular flexibility index (Phi) is 6.58. The van der Waals surface area contributed by atoms with Gasteiger partial charge >= 0.3 is 0 Å². The summed E-state index contributed by atoms with van der Waals surface area (Å²) in [6, 6.07) is 29.7. The number of hydrogen-bond acceptors (Lipinski definition) is 4. The minimum Gasteiger partial charge on any atom is -0.322 e. The van der Waals surface area contributed by atoms with E-state index in [9.17, 15) is 9.59 Å². The number of ketones is 1. The number of allylic oxidation sites excluding steroid dienone is 1. The van der Waals surface area contributed by atoms with Crippen molar-refractivity contribution < 1.29 is 9.59 Å². The summed E-state index contributed by atoms with van der Waals surface area (Å²) in [6.07, 6.45) is 8.33. The van der Waals surface area contributed by atoms with Gasteiger partial charge in [0.15, 0.2) is 5.78 Å². The van der Waals surface area contributed by atoms with Gasteiger partial charge < -0.3 is 5.32 Å². The molecule has 0 aliphatic heterocycles. The van der Waals surface area contributed by atoms with Crippen LogP contribution in [0.25, 0.3) is 23.0 Å². The van der Waals surface area contributed by atoms with Gasteiger partial charge in [-0.05, 0) is 60.2 Å². The van der Waals surface area contributed by atoms with Crippen LogP contribution in [0, 0.1) is 0 Å². The number of benzene rings is 3. The first kappa shape index (κ1) is 22.7. The number of amides is 1. The lowest BCUT2D eigenvalue weighted by atomic mass is 10.1. The van der Waals surface area contributed by atoms with E-state index in [1.165, 1.54) is 6.08 Å². The van der Waals surface area contributed by atoms with Crippen molar-refractivity contribution in [3.8, 4) is 16.9 Å². The second-order valence-corrected chi connectivity index (χ2v) is 8.05. The second kappa shape index (κ2) is 10.4. The number of anilines is 1. The zero-order chi connectivity index (χ0) is 24.7. The molecule has 3 aromatic carbocycles. The van der Waals surface area contributed by atoms with E-state index in [1.54, 1.807) is 53.6 Å². The van der Waals surface area contributed by atoms with Crippen LogP contribution in [-0.4, -0.2) is 26.5 Å². The monoisotopic (exact) mass is 470 g/mol. The third-order valence-electron chi connectivity index (χ3n) is 5.57. The van der Waals surface area contributed by atoms with Gasteiger partial charge in [0.25, 0.3) is 5.91 Å². The van der Waals surface area contributed by atoms with Crippen LogP contribution >= 0.6 is 0 Å². The van der Waals surface area contributed by atoms with Gasteiger partial charge in [-0.25, -0.2) is 4.68 Å². The molecule has 1 amide bonds. The molecule has 0 unspecified atom stereocenters. The number of nitrogens with one attached hydrogen (secondary N) is 1. The number of carbonyl (C=O) groups excluding carboxylic acids is 2. The fourth-order valence-corrected chi connectivity index (χ4v) is 3.72. The summed E-state index contributed by atoms with van der Waals surface area (Å²) in [7, 11) is 0. The molecular weight excluding hydrogens is 448 g/mol. The lowest BCUT2D eigenvalue weighted by Crippen LogP contribution is -2.12. The van der Waals surface area contributed by atoms with Crippen molar-refractivity contribution in [1.82, 2.24) is 14.8 Å². The molecule has 0 fully saturated rings. The molecule has 6 heteroatoms. The van der Waals surface area contributed by atoms with Crippen LogP contribution in [0.5, 0.6) is 0 Å². The molecule has 0 saturated carbocycles. The highest BCUT2D eigenvalue weighted by atomic mass is 16.1. The first-order valence-electron chi connectivity index (χ1n) is 11.4. The molecule has 2 aromatic heterocycles. The molecule has 0 radical (unpaired) electrons. The van der Waals surface area contributed by atoms with E-state index in [2.05, 4.69) is 10.3 Å². The van der Waals surface area contributed by atoms with Crippen molar-refractivity contribution in [2.75, 3.05) is 5.32 Å². The number of hydrogen-bond donors (Lipinski definition) is 1. The first-order valence-corrected chi connectivity index (χ1v) is 11.4. The summed E-state index contributed by atoms with van der Waals surface area (Å²) in [6.45, 7) is 0. The van der Waals surface area contributed by atoms with Gasteiger partial charge in [0, 0.05) is 35.4 Å². The Morgan fingerprint density at radius 2 is 1.53 bits per heavy atom. The number of aromatic nitrogens is 3. The molecule has 174 valence electrons. The molecule has 0 atom stereocenters. The van der Waals surface area contributed by atoms with E-state index in [1.807, 2.05) is 72.8 Å². The summed E-state index contributed by atoms with van der Waals surface area (Å²) >= 11 is 0. The van der Waals surface area contributed by atoms with Crippen LogP contribution in [-0.2, 0) is 0 Å². The van der Waals surface area contributed by atoms with Crippen molar-refractivity contribution in [3.63, 3.8) is 0 Å². The van der Waals surface area contributed by atoms with Crippen molar-refractivity contribution in [2.24, 2.45) is 0 Å². The highest BCUT2D eigenvalue weighted by Crippen LogP contribution is 2.25. The normalized spacial score (nSPS) is 10.9. The van der Waals surface area contributed by atoms with Crippen molar-refractivity contribution in [3.05, 3.63) is 138 Å². The fourth-order valence-electron chi connectivity index (χ4n) is 3.72. The molecule has 0 bridgehead atoms. The molecule has 5 rings (SSSR count). The maximum atomic E-state index is 13.3. The summed E-state index contributed by atoms with van der Waals surface area (Å²) in [5.41, 5.74) is 4.69. The number of nitrogens with zero attached hydrogens (tertiary/aromatic N) is 3. The molecule has 0 spiro atoms. The maximum Gasteiger partial charge on any atom is 0.259 e. The van der Waals surface area contributed by atoms with Gasteiger partial charge in [0.2, 0.25) is 0 Å². The fraction of sp³-hybridized carbons (Fsp3) is 0. The lowest BCUT2D eigenvalue weighted by molar-refractivity contribution is 0.102. The standard InChI is InChI=1S/C30H22N4O2/c35-28(18-13-22-8-7-19-31-20-22)23-14-16-25(17-15-23)32-30(36)27-21-34(26-11-5-2-6-12-26)33-29(27)24-9-3-1-4-10-24/h1-21H,(H,32,36)/b18-13+. The molecule has 0 saturated heterocycles. The average Bonchev–Trinajstić information content (AvgIpc) is 3.40. The van der Waals surface area contributed by atoms with Crippen LogP contribution < -0.4 is 5.32 Å². The minimum atomic E-state index is -0.286. The Morgan fingerprint density at radius 1 is 0.806 bits per heavy atom. The molecule has 0 aliphatic rings. The molecular formula is C30H22N4O2. The van der Waals surface area contributed by atoms with Crippen LogP contribution in [0.1, 0.15) is 26.3 Å². The van der Waals surface area contributed by atoms with Gasteiger partial charge in [0.05, 0.1) is 11.3 Å². The van der Waals surface area contributed by atoms with Crippen LogP contribution in [0.15, 0.2) is 122 Å². The number of para-hydroxylation sites is 1. The molecule has 1 N–H and O–H groups in total. The summed E-state index contributed by atoms with van der Waals surface area (Å²) in [4.78, 5) is 29.8. The molecule has 6 nitrogen and oxygen atoms in total. The van der Waals surface area contributed by atoms with E-state index in [4.69, 9.17) is 5.10 Å².